The second-order valence-corrected chi connectivity index (χ2v) is 3.76. The molecule has 0 amide bonds. The van der Waals surface area contributed by atoms with Gasteiger partial charge in [-0.1, -0.05) is 15.9 Å². The van der Waals surface area contributed by atoms with Gasteiger partial charge in [0, 0.05) is 17.1 Å². The first-order valence-electron chi connectivity index (χ1n) is 4.51. The molecule has 0 saturated heterocycles. The van der Waals surface area contributed by atoms with Gasteiger partial charge in [0.15, 0.2) is 0 Å². The first-order chi connectivity index (χ1) is 8.24. The molecule has 0 aromatic carbocycles. The summed E-state index contributed by atoms with van der Waals surface area (Å²) in [5.41, 5.74) is -1.35. The van der Waals surface area contributed by atoms with Crippen molar-refractivity contribution in [3.63, 3.8) is 0 Å². The van der Waals surface area contributed by atoms with Crippen molar-refractivity contribution in [1.82, 2.24) is 4.98 Å². The molecule has 2 N–H and O–H groups in total. The maximum Gasteiger partial charge on any atom is 0.573 e. The maximum atomic E-state index is 12.2. The van der Waals surface area contributed by atoms with Gasteiger partial charge in [0.05, 0.1) is 12.0 Å². The molecule has 1 aromatic rings. The van der Waals surface area contributed by atoms with Crippen LogP contribution in [0.15, 0.2) is 11.0 Å². The zero-order valence-electron chi connectivity index (χ0n) is 8.68. The van der Waals surface area contributed by atoms with E-state index in [1.807, 2.05) is 0 Å². The van der Waals surface area contributed by atoms with Gasteiger partial charge in [-0.25, -0.2) is 0 Å². The van der Waals surface area contributed by atoms with Gasteiger partial charge in [0.2, 0.25) is 0 Å². The summed E-state index contributed by atoms with van der Waals surface area (Å²) >= 11 is 2.85. The van der Waals surface area contributed by atoms with Crippen molar-refractivity contribution in [3.8, 4) is 5.75 Å². The van der Waals surface area contributed by atoms with E-state index in [-0.39, 0.29) is 16.5 Å². The van der Waals surface area contributed by atoms with E-state index in [0.717, 1.165) is 6.20 Å². The number of hydrogen-bond donors (Lipinski definition) is 2. The molecule has 0 atom stereocenters. The van der Waals surface area contributed by atoms with Crippen molar-refractivity contribution >= 4 is 21.9 Å². The van der Waals surface area contributed by atoms with Gasteiger partial charge >= 0.3 is 12.3 Å². The molecular formula is C9H7BrF3NO4. The molecule has 0 spiro atoms. The second kappa shape index (κ2) is 5.42. The molecule has 5 nitrogen and oxygen atoms in total. The standard InChI is InChI=1S/C9H7BrF3NO4/c10-2-5-7(18-9(11,12)13)4(1-6(15)16)3-14-8(5)17/h3H,1-2H2,(H,14,17)(H,15,16). The van der Waals surface area contributed by atoms with Crippen LogP contribution in [0.1, 0.15) is 11.1 Å². The number of aromatic amines is 1. The number of carboxylic acids is 1. The van der Waals surface area contributed by atoms with Crippen LogP contribution in [-0.2, 0) is 16.5 Å². The third-order valence-electron chi connectivity index (χ3n) is 1.91. The zero-order chi connectivity index (χ0) is 13.9. The molecule has 0 aliphatic rings. The number of hydrogen-bond acceptors (Lipinski definition) is 3. The lowest BCUT2D eigenvalue weighted by Gasteiger charge is -2.14. The Kier molecular flexibility index (Phi) is 4.38. The van der Waals surface area contributed by atoms with E-state index in [1.54, 1.807) is 0 Å². The molecule has 9 heteroatoms. The number of halogens is 4. The largest absolute Gasteiger partial charge is 0.573 e. The quantitative estimate of drug-likeness (QED) is 0.825. The molecule has 18 heavy (non-hydrogen) atoms. The molecule has 0 saturated carbocycles. The summed E-state index contributed by atoms with van der Waals surface area (Å²) in [5, 5.41) is 8.39. The number of nitrogens with one attached hydrogen (secondary N) is 1. The predicted molar refractivity (Wildman–Crippen MR) is 57.7 cm³/mol. The summed E-state index contributed by atoms with van der Waals surface area (Å²) in [6.07, 6.45) is -4.80. The first kappa shape index (κ1) is 14.6. The summed E-state index contributed by atoms with van der Waals surface area (Å²) in [7, 11) is 0. The number of carbonyl (C=O) groups is 1. The number of aromatic nitrogens is 1. The lowest BCUT2D eigenvalue weighted by molar-refractivity contribution is -0.275. The Labute approximate surface area is 107 Å². The minimum absolute atomic E-state index is 0.193. The molecule has 0 fully saturated rings. The fraction of sp³-hybridized carbons (Fsp3) is 0.333. The third-order valence-corrected chi connectivity index (χ3v) is 2.47. The summed E-state index contributed by atoms with van der Waals surface area (Å²) in [6, 6.07) is 0. The Morgan fingerprint density at radius 1 is 1.50 bits per heavy atom. The summed E-state index contributed by atoms with van der Waals surface area (Å²) in [4.78, 5) is 24.0. The van der Waals surface area contributed by atoms with Gasteiger partial charge in [0.25, 0.3) is 5.56 Å². The van der Waals surface area contributed by atoms with Gasteiger partial charge < -0.3 is 14.8 Å². The SMILES string of the molecule is O=C(O)Cc1c[nH]c(=O)c(CBr)c1OC(F)(F)F. The maximum absolute atomic E-state index is 12.2. The van der Waals surface area contributed by atoms with E-state index in [1.165, 1.54) is 0 Å². The van der Waals surface area contributed by atoms with E-state index >= 15 is 0 Å². The molecule has 1 aromatic heterocycles. The number of ether oxygens (including phenoxy) is 1. The highest BCUT2D eigenvalue weighted by Crippen LogP contribution is 2.29. The summed E-state index contributed by atoms with van der Waals surface area (Å²) < 4.78 is 40.4. The molecule has 0 unspecified atom stereocenters. The monoisotopic (exact) mass is 329 g/mol. The van der Waals surface area contributed by atoms with Gasteiger partial charge in [-0.3, -0.25) is 9.59 Å². The molecule has 100 valence electrons. The fourth-order valence-corrected chi connectivity index (χ4v) is 1.77. The highest BCUT2D eigenvalue weighted by Gasteiger charge is 2.34. The second-order valence-electron chi connectivity index (χ2n) is 3.20. The first-order valence-corrected chi connectivity index (χ1v) is 5.63. The molecule has 0 bridgehead atoms. The summed E-state index contributed by atoms with van der Waals surface area (Å²) in [6.45, 7) is 0. The van der Waals surface area contributed by atoms with Gasteiger partial charge in [0.1, 0.15) is 5.75 Å². The van der Waals surface area contributed by atoms with Crippen LogP contribution < -0.4 is 10.3 Å². The number of alkyl halides is 4. The van der Waals surface area contributed by atoms with Gasteiger partial charge in [-0.15, -0.1) is 13.2 Å². The van der Waals surface area contributed by atoms with E-state index in [9.17, 15) is 22.8 Å². The smallest absolute Gasteiger partial charge is 0.481 e. The van der Waals surface area contributed by atoms with Crippen molar-refractivity contribution in [2.45, 2.75) is 18.1 Å². The van der Waals surface area contributed by atoms with Crippen molar-refractivity contribution in [3.05, 3.63) is 27.7 Å². The van der Waals surface area contributed by atoms with Crippen molar-refractivity contribution in [2.24, 2.45) is 0 Å². The zero-order valence-corrected chi connectivity index (χ0v) is 10.3. The highest BCUT2D eigenvalue weighted by atomic mass is 79.9. The van der Waals surface area contributed by atoms with Crippen LogP contribution in [0.3, 0.4) is 0 Å². The molecular weight excluding hydrogens is 323 g/mol. The minimum Gasteiger partial charge on any atom is -0.481 e. The highest BCUT2D eigenvalue weighted by molar-refractivity contribution is 9.08. The van der Waals surface area contributed by atoms with Crippen molar-refractivity contribution < 1.29 is 27.8 Å². The average molecular weight is 330 g/mol. The molecule has 0 aliphatic carbocycles. The predicted octanol–water partition coefficient (Wildman–Crippen LogP) is 1.80. The Morgan fingerprint density at radius 2 is 2.11 bits per heavy atom. The van der Waals surface area contributed by atoms with E-state index in [4.69, 9.17) is 5.11 Å². The minimum atomic E-state index is -5.00. The van der Waals surface area contributed by atoms with E-state index < -0.39 is 30.1 Å². The van der Waals surface area contributed by atoms with Crippen LogP contribution in [0.4, 0.5) is 13.2 Å². The van der Waals surface area contributed by atoms with E-state index in [0.29, 0.717) is 0 Å². The van der Waals surface area contributed by atoms with E-state index in [2.05, 4.69) is 25.7 Å². The normalized spacial score (nSPS) is 11.3. The number of rotatable bonds is 4. The van der Waals surface area contributed by atoms with Crippen LogP contribution >= 0.6 is 15.9 Å². The number of aliphatic carboxylic acids is 1. The summed E-state index contributed by atoms with van der Waals surface area (Å²) in [5.74, 6) is -2.11. The lowest BCUT2D eigenvalue weighted by atomic mass is 10.1. The molecule has 0 aliphatic heterocycles. The Balaban J connectivity index is 3.34. The van der Waals surface area contributed by atoms with Crippen molar-refractivity contribution in [1.29, 1.82) is 0 Å². The Hall–Kier alpha value is -1.51. The van der Waals surface area contributed by atoms with Crippen LogP contribution in [0.5, 0.6) is 5.75 Å². The van der Waals surface area contributed by atoms with Crippen LogP contribution in [-0.4, -0.2) is 22.4 Å². The van der Waals surface area contributed by atoms with Crippen molar-refractivity contribution in [2.75, 3.05) is 0 Å². The molecule has 1 heterocycles. The number of carboxylic acid groups (broad SMARTS) is 1. The Bertz CT molecular complexity index is 512. The molecule has 1 rings (SSSR count). The molecule has 0 radical (unpaired) electrons. The third kappa shape index (κ3) is 3.76. The average Bonchev–Trinajstić information content (AvgIpc) is 2.20. The van der Waals surface area contributed by atoms with Crippen LogP contribution in [0.25, 0.3) is 0 Å². The lowest BCUT2D eigenvalue weighted by Crippen LogP contribution is -2.23. The number of pyridine rings is 1. The fourth-order valence-electron chi connectivity index (χ4n) is 1.26. The van der Waals surface area contributed by atoms with Gasteiger partial charge in [-0.05, 0) is 0 Å². The van der Waals surface area contributed by atoms with Gasteiger partial charge in [-0.2, -0.15) is 0 Å². The number of H-pyrrole nitrogens is 1. The Morgan fingerprint density at radius 3 is 2.56 bits per heavy atom. The topological polar surface area (TPSA) is 79.4 Å². The van der Waals surface area contributed by atoms with Crippen LogP contribution in [0, 0.1) is 0 Å². The van der Waals surface area contributed by atoms with Crippen LogP contribution in [0.2, 0.25) is 0 Å².